The Morgan fingerprint density at radius 3 is 2.30 bits per heavy atom. The fourth-order valence-corrected chi connectivity index (χ4v) is 1.17. The molecule has 0 aromatic carbocycles. The number of aliphatic carboxylic acids is 1. The third-order valence-electron chi connectivity index (χ3n) is 2.05. The van der Waals surface area contributed by atoms with Gasteiger partial charge in [-0.15, -0.1) is 0 Å². The van der Waals surface area contributed by atoms with Gasteiger partial charge in [0.25, 0.3) is 0 Å². The van der Waals surface area contributed by atoms with Crippen LogP contribution in [-0.4, -0.2) is 46.4 Å². The molecule has 1 aliphatic rings. The molecule has 0 atom stereocenters. The zero-order valence-corrected chi connectivity index (χ0v) is 11.2. The zero-order valence-electron chi connectivity index (χ0n) is 11.2. The Balaban J connectivity index is 0.000000441. The van der Waals surface area contributed by atoms with Gasteiger partial charge >= 0.3 is 18.1 Å². The predicted molar refractivity (Wildman–Crippen MR) is 62.9 cm³/mol. The SMILES string of the molecule is CCCCN1C=CN(OC(C)=O)C1.O=C(O)C(F)(F)F. The van der Waals surface area contributed by atoms with E-state index in [2.05, 4.69) is 11.8 Å². The number of carbonyl (C=O) groups excluding carboxylic acids is 1. The molecule has 1 aliphatic heterocycles. The molecular weight excluding hydrogens is 281 g/mol. The number of halogens is 3. The Hall–Kier alpha value is -1.93. The second kappa shape index (κ2) is 8.28. The van der Waals surface area contributed by atoms with Gasteiger partial charge in [0, 0.05) is 19.7 Å². The van der Waals surface area contributed by atoms with Crippen LogP contribution in [0.1, 0.15) is 26.7 Å². The third-order valence-corrected chi connectivity index (χ3v) is 2.05. The highest BCUT2D eigenvalue weighted by Crippen LogP contribution is 2.13. The van der Waals surface area contributed by atoms with Crippen LogP contribution in [0.5, 0.6) is 0 Å². The van der Waals surface area contributed by atoms with Crippen molar-refractivity contribution in [2.45, 2.75) is 32.9 Å². The van der Waals surface area contributed by atoms with Gasteiger partial charge in [-0.05, 0) is 6.42 Å². The van der Waals surface area contributed by atoms with E-state index in [-0.39, 0.29) is 5.97 Å². The fraction of sp³-hybridized carbons (Fsp3) is 0.636. The van der Waals surface area contributed by atoms with E-state index in [9.17, 15) is 18.0 Å². The number of hydroxylamine groups is 2. The minimum Gasteiger partial charge on any atom is -0.475 e. The molecule has 1 N–H and O–H groups in total. The maximum absolute atomic E-state index is 10.6. The van der Waals surface area contributed by atoms with Crippen molar-refractivity contribution >= 4 is 11.9 Å². The summed E-state index contributed by atoms with van der Waals surface area (Å²) in [6.45, 7) is 5.23. The largest absolute Gasteiger partial charge is 0.490 e. The minimum absolute atomic E-state index is 0.276. The standard InChI is InChI=1S/C9H16N2O2.C2HF3O2/c1-3-4-5-10-6-7-11(8-10)13-9(2)12;3-2(4,5)1(6)7/h6-7H,3-5,8H2,1-2H3;(H,6,7). The maximum Gasteiger partial charge on any atom is 0.490 e. The van der Waals surface area contributed by atoms with Crippen LogP contribution in [0.2, 0.25) is 0 Å². The average molecular weight is 298 g/mol. The van der Waals surface area contributed by atoms with E-state index >= 15 is 0 Å². The summed E-state index contributed by atoms with van der Waals surface area (Å²) in [5, 5.41) is 8.66. The van der Waals surface area contributed by atoms with Crippen LogP contribution in [0.3, 0.4) is 0 Å². The van der Waals surface area contributed by atoms with Gasteiger partial charge in [-0.1, -0.05) is 13.3 Å². The van der Waals surface area contributed by atoms with Crippen molar-refractivity contribution in [1.82, 2.24) is 9.96 Å². The van der Waals surface area contributed by atoms with Gasteiger partial charge in [-0.25, -0.2) is 4.79 Å². The molecule has 9 heteroatoms. The first-order valence-electron chi connectivity index (χ1n) is 5.84. The molecule has 0 aromatic heterocycles. The molecule has 0 saturated heterocycles. The molecular formula is C11H17F3N2O4. The van der Waals surface area contributed by atoms with E-state index in [1.54, 1.807) is 6.20 Å². The van der Waals surface area contributed by atoms with E-state index in [4.69, 9.17) is 14.7 Å². The van der Waals surface area contributed by atoms with Gasteiger partial charge in [0.15, 0.2) is 0 Å². The lowest BCUT2D eigenvalue weighted by Crippen LogP contribution is -2.27. The van der Waals surface area contributed by atoms with Gasteiger partial charge in [0.1, 0.15) is 6.67 Å². The van der Waals surface area contributed by atoms with Crippen molar-refractivity contribution in [3.05, 3.63) is 12.4 Å². The summed E-state index contributed by atoms with van der Waals surface area (Å²) in [5.74, 6) is -3.03. The molecule has 0 aliphatic carbocycles. The van der Waals surface area contributed by atoms with Gasteiger partial charge in [-0.2, -0.15) is 18.2 Å². The van der Waals surface area contributed by atoms with Crippen LogP contribution >= 0.6 is 0 Å². The van der Waals surface area contributed by atoms with Gasteiger partial charge in [-0.3, -0.25) is 4.79 Å². The van der Waals surface area contributed by atoms with Crippen LogP contribution in [0.4, 0.5) is 13.2 Å². The summed E-state index contributed by atoms with van der Waals surface area (Å²) in [4.78, 5) is 26.5. The normalized spacial score (nSPS) is 13.8. The molecule has 1 rings (SSSR count). The molecule has 0 spiro atoms. The molecule has 0 radical (unpaired) electrons. The monoisotopic (exact) mass is 298 g/mol. The Morgan fingerprint density at radius 2 is 1.90 bits per heavy atom. The first-order valence-corrected chi connectivity index (χ1v) is 5.84. The summed E-state index contributed by atoms with van der Waals surface area (Å²) in [5.41, 5.74) is 0. The van der Waals surface area contributed by atoms with Crippen molar-refractivity contribution in [2.24, 2.45) is 0 Å². The molecule has 0 unspecified atom stereocenters. The van der Waals surface area contributed by atoms with Gasteiger partial charge in [0.2, 0.25) is 0 Å². The van der Waals surface area contributed by atoms with E-state index in [1.165, 1.54) is 18.4 Å². The quantitative estimate of drug-likeness (QED) is 0.855. The Labute approximate surface area is 114 Å². The highest BCUT2D eigenvalue weighted by Gasteiger charge is 2.38. The molecule has 0 saturated carbocycles. The fourth-order valence-electron chi connectivity index (χ4n) is 1.17. The zero-order chi connectivity index (χ0) is 15.8. The molecule has 0 amide bonds. The first-order chi connectivity index (χ1) is 9.16. The minimum atomic E-state index is -5.08. The number of hydrogen-bond donors (Lipinski definition) is 1. The third kappa shape index (κ3) is 8.22. The number of nitrogens with zero attached hydrogens (tertiary/aromatic N) is 2. The highest BCUT2D eigenvalue weighted by molar-refractivity contribution is 5.73. The lowest BCUT2D eigenvalue weighted by Gasteiger charge is -2.19. The Bertz CT molecular complexity index is 358. The summed E-state index contributed by atoms with van der Waals surface area (Å²) >= 11 is 0. The van der Waals surface area contributed by atoms with E-state index in [1.807, 2.05) is 6.20 Å². The number of carbonyl (C=O) groups is 2. The number of carboxylic acids is 1. The summed E-state index contributed by atoms with van der Waals surface area (Å²) < 4.78 is 31.7. The number of rotatable bonds is 4. The molecule has 0 aromatic rings. The Kier molecular flexibility index (Phi) is 7.48. The van der Waals surface area contributed by atoms with Gasteiger partial charge < -0.3 is 14.8 Å². The van der Waals surface area contributed by atoms with E-state index in [0.717, 1.165) is 13.0 Å². The highest BCUT2D eigenvalue weighted by atomic mass is 19.4. The Morgan fingerprint density at radius 1 is 1.35 bits per heavy atom. The van der Waals surface area contributed by atoms with Crippen molar-refractivity contribution in [3.63, 3.8) is 0 Å². The predicted octanol–water partition coefficient (Wildman–Crippen LogP) is 1.94. The van der Waals surface area contributed by atoms with Crippen LogP contribution < -0.4 is 0 Å². The van der Waals surface area contributed by atoms with Gasteiger partial charge in [0.05, 0.1) is 6.20 Å². The maximum atomic E-state index is 10.6. The topological polar surface area (TPSA) is 70.1 Å². The molecule has 20 heavy (non-hydrogen) atoms. The second-order valence-electron chi connectivity index (χ2n) is 3.91. The summed E-state index contributed by atoms with van der Waals surface area (Å²) in [7, 11) is 0. The summed E-state index contributed by atoms with van der Waals surface area (Å²) in [6.07, 6.45) is 0.978. The smallest absolute Gasteiger partial charge is 0.475 e. The van der Waals surface area contributed by atoms with Crippen LogP contribution in [0.15, 0.2) is 12.4 Å². The average Bonchev–Trinajstić information content (AvgIpc) is 2.72. The van der Waals surface area contributed by atoms with Crippen molar-refractivity contribution in [1.29, 1.82) is 0 Å². The number of alkyl halides is 3. The van der Waals surface area contributed by atoms with E-state index < -0.39 is 12.1 Å². The molecule has 6 nitrogen and oxygen atoms in total. The molecule has 0 bridgehead atoms. The molecule has 116 valence electrons. The molecule has 1 heterocycles. The molecule has 0 fully saturated rings. The number of unbranched alkanes of at least 4 members (excludes halogenated alkanes) is 1. The first kappa shape index (κ1) is 18.1. The second-order valence-corrected chi connectivity index (χ2v) is 3.91. The van der Waals surface area contributed by atoms with Crippen LogP contribution in [-0.2, 0) is 14.4 Å². The van der Waals surface area contributed by atoms with Crippen molar-refractivity contribution in [3.8, 4) is 0 Å². The van der Waals surface area contributed by atoms with Crippen molar-refractivity contribution in [2.75, 3.05) is 13.2 Å². The lowest BCUT2D eigenvalue weighted by molar-refractivity contribution is -0.192. The number of hydrogen-bond acceptors (Lipinski definition) is 5. The summed E-state index contributed by atoms with van der Waals surface area (Å²) in [6, 6.07) is 0. The van der Waals surface area contributed by atoms with E-state index in [0.29, 0.717) is 6.67 Å². The van der Waals surface area contributed by atoms with Crippen LogP contribution in [0.25, 0.3) is 0 Å². The van der Waals surface area contributed by atoms with Crippen molar-refractivity contribution < 1.29 is 32.7 Å². The lowest BCUT2D eigenvalue weighted by atomic mass is 10.3. The number of carboxylic acid groups (broad SMARTS) is 1. The van der Waals surface area contributed by atoms with Crippen LogP contribution in [0, 0.1) is 0 Å².